The normalized spacial score (nSPS) is 10.8. The van der Waals surface area contributed by atoms with E-state index in [1.807, 2.05) is 82.3 Å². The Morgan fingerprint density at radius 2 is 1.65 bits per heavy atom. The maximum atomic E-state index is 12.6. The molecular formula is C25H23N3O2S. The number of fused-ring (bicyclic) bond motifs is 1. The average molecular weight is 430 g/mol. The van der Waals surface area contributed by atoms with Crippen molar-refractivity contribution in [3.63, 3.8) is 0 Å². The van der Waals surface area contributed by atoms with Gasteiger partial charge in [-0.05, 0) is 86.9 Å². The van der Waals surface area contributed by atoms with E-state index in [1.54, 1.807) is 0 Å². The van der Waals surface area contributed by atoms with Gasteiger partial charge in [-0.15, -0.1) is 0 Å². The van der Waals surface area contributed by atoms with Gasteiger partial charge >= 0.3 is 0 Å². The highest BCUT2D eigenvalue weighted by atomic mass is 32.1. The highest BCUT2D eigenvalue weighted by Gasteiger charge is 2.13. The summed E-state index contributed by atoms with van der Waals surface area (Å²) in [6.07, 6.45) is 0. The van der Waals surface area contributed by atoms with Crippen LogP contribution < -0.4 is 10.6 Å². The van der Waals surface area contributed by atoms with E-state index in [0.717, 1.165) is 44.6 Å². The van der Waals surface area contributed by atoms with Gasteiger partial charge in [0.05, 0.1) is 0 Å². The Balaban J connectivity index is 1.54. The third-order valence-electron chi connectivity index (χ3n) is 5.13. The van der Waals surface area contributed by atoms with Crippen LogP contribution in [0.5, 0.6) is 0 Å². The molecule has 2 N–H and O–H groups in total. The quantitative estimate of drug-likeness (QED) is 0.400. The van der Waals surface area contributed by atoms with E-state index in [9.17, 15) is 4.79 Å². The molecule has 1 heterocycles. The van der Waals surface area contributed by atoms with Gasteiger partial charge in [-0.2, -0.15) is 0 Å². The monoisotopic (exact) mass is 429 g/mol. The Labute approximate surface area is 186 Å². The molecule has 0 saturated heterocycles. The van der Waals surface area contributed by atoms with Gasteiger partial charge in [0, 0.05) is 16.8 Å². The minimum atomic E-state index is -0.238. The number of amides is 1. The molecule has 0 radical (unpaired) electrons. The largest absolute Gasteiger partial charge is 0.436 e. The van der Waals surface area contributed by atoms with Crippen molar-refractivity contribution in [1.82, 2.24) is 10.3 Å². The molecule has 0 unspecified atom stereocenters. The summed E-state index contributed by atoms with van der Waals surface area (Å²) in [5, 5.41) is 6.12. The molecule has 4 aromatic rings. The number of carbonyl (C=O) groups is 1. The summed E-state index contributed by atoms with van der Waals surface area (Å²) < 4.78 is 5.94. The number of carbonyl (C=O) groups excluding carboxylic acids is 1. The number of nitrogens with zero attached hydrogens (tertiary/aromatic N) is 1. The highest BCUT2D eigenvalue weighted by Crippen LogP contribution is 2.28. The standard InChI is InChI=1S/C25H23N3O2S/c1-14-5-9-19(17(4)11-14)23(29)28-25(31)27-21-13-18(8-7-16(21)3)24-26-20-10-6-15(2)12-22(20)30-24/h5-13H,1-4H3,(H2,27,28,29,31). The fourth-order valence-electron chi connectivity index (χ4n) is 3.44. The van der Waals surface area contributed by atoms with E-state index in [1.165, 1.54) is 0 Å². The van der Waals surface area contributed by atoms with Gasteiger partial charge in [0.15, 0.2) is 10.7 Å². The summed E-state index contributed by atoms with van der Waals surface area (Å²) in [6, 6.07) is 17.5. The van der Waals surface area contributed by atoms with Crippen LogP contribution in [0.3, 0.4) is 0 Å². The second-order valence-electron chi connectivity index (χ2n) is 7.75. The van der Waals surface area contributed by atoms with Crippen LogP contribution in [0.1, 0.15) is 32.6 Å². The van der Waals surface area contributed by atoms with Crippen molar-refractivity contribution in [2.24, 2.45) is 0 Å². The molecule has 3 aromatic carbocycles. The van der Waals surface area contributed by atoms with Gasteiger partial charge in [0.25, 0.3) is 5.91 Å². The molecule has 0 aliphatic carbocycles. The molecule has 31 heavy (non-hydrogen) atoms. The fourth-order valence-corrected chi connectivity index (χ4v) is 3.64. The number of thiocarbonyl (C=S) groups is 1. The third-order valence-corrected chi connectivity index (χ3v) is 5.33. The minimum Gasteiger partial charge on any atom is -0.436 e. The van der Waals surface area contributed by atoms with E-state index in [4.69, 9.17) is 16.6 Å². The highest BCUT2D eigenvalue weighted by molar-refractivity contribution is 7.80. The maximum absolute atomic E-state index is 12.6. The Morgan fingerprint density at radius 1 is 0.903 bits per heavy atom. The topological polar surface area (TPSA) is 67.2 Å². The molecular weight excluding hydrogens is 406 g/mol. The van der Waals surface area contributed by atoms with E-state index in [2.05, 4.69) is 15.6 Å². The van der Waals surface area contributed by atoms with Gasteiger partial charge < -0.3 is 9.73 Å². The number of anilines is 1. The molecule has 0 aliphatic heterocycles. The zero-order valence-electron chi connectivity index (χ0n) is 17.9. The van der Waals surface area contributed by atoms with Crippen molar-refractivity contribution < 1.29 is 9.21 Å². The molecule has 0 bridgehead atoms. The maximum Gasteiger partial charge on any atom is 0.257 e. The van der Waals surface area contributed by atoms with Crippen molar-refractivity contribution >= 4 is 40.0 Å². The minimum absolute atomic E-state index is 0.235. The van der Waals surface area contributed by atoms with Gasteiger partial charge in [-0.3, -0.25) is 10.1 Å². The SMILES string of the molecule is Cc1ccc(C(=O)NC(=S)Nc2cc(-c3nc4ccc(C)cc4o3)ccc2C)c(C)c1. The van der Waals surface area contributed by atoms with Gasteiger partial charge in [-0.1, -0.05) is 29.8 Å². The lowest BCUT2D eigenvalue weighted by Crippen LogP contribution is -2.34. The van der Waals surface area contributed by atoms with Crippen LogP contribution in [0.25, 0.3) is 22.6 Å². The van der Waals surface area contributed by atoms with Crippen molar-refractivity contribution in [1.29, 1.82) is 0 Å². The van der Waals surface area contributed by atoms with E-state index in [-0.39, 0.29) is 11.0 Å². The lowest BCUT2D eigenvalue weighted by atomic mass is 10.1. The zero-order valence-corrected chi connectivity index (χ0v) is 18.7. The smallest absolute Gasteiger partial charge is 0.257 e. The number of hydrogen-bond donors (Lipinski definition) is 2. The van der Waals surface area contributed by atoms with E-state index < -0.39 is 0 Å². The van der Waals surface area contributed by atoms with Crippen molar-refractivity contribution in [3.8, 4) is 11.5 Å². The lowest BCUT2D eigenvalue weighted by Gasteiger charge is -2.13. The van der Waals surface area contributed by atoms with Crippen molar-refractivity contribution in [2.45, 2.75) is 27.7 Å². The summed E-state index contributed by atoms with van der Waals surface area (Å²) in [7, 11) is 0. The number of oxazole rings is 1. The first-order valence-corrected chi connectivity index (χ1v) is 10.4. The van der Waals surface area contributed by atoms with Crippen LogP contribution in [0.15, 0.2) is 59.0 Å². The van der Waals surface area contributed by atoms with Crippen LogP contribution in [0.4, 0.5) is 5.69 Å². The molecule has 4 rings (SSSR count). The molecule has 1 amide bonds. The molecule has 1 aromatic heterocycles. The second kappa shape index (κ2) is 8.32. The number of aryl methyl sites for hydroxylation is 4. The molecule has 0 aliphatic rings. The summed E-state index contributed by atoms with van der Waals surface area (Å²) in [4.78, 5) is 17.2. The first-order valence-electron chi connectivity index (χ1n) is 9.98. The molecule has 156 valence electrons. The predicted octanol–water partition coefficient (Wildman–Crippen LogP) is 5.86. The van der Waals surface area contributed by atoms with Crippen LogP contribution in [0.2, 0.25) is 0 Å². The molecule has 0 atom stereocenters. The average Bonchev–Trinajstić information content (AvgIpc) is 3.12. The van der Waals surface area contributed by atoms with Gasteiger partial charge in [-0.25, -0.2) is 4.98 Å². The molecule has 0 fully saturated rings. The molecule has 0 spiro atoms. The fraction of sp³-hybridized carbons (Fsp3) is 0.160. The summed E-state index contributed by atoms with van der Waals surface area (Å²) >= 11 is 5.39. The van der Waals surface area contributed by atoms with E-state index in [0.29, 0.717) is 11.5 Å². The molecule has 6 heteroatoms. The zero-order chi connectivity index (χ0) is 22.1. The lowest BCUT2D eigenvalue weighted by molar-refractivity contribution is 0.0977. The van der Waals surface area contributed by atoms with Crippen LogP contribution >= 0.6 is 12.2 Å². The summed E-state index contributed by atoms with van der Waals surface area (Å²) in [6.45, 7) is 7.89. The summed E-state index contributed by atoms with van der Waals surface area (Å²) in [5.74, 6) is 0.298. The molecule has 5 nitrogen and oxygen atoms in total. The molecule has 0 saturated carbocycles. The number of hydrogen-bond acceptors (Lipinski definition) is 4. The number of aromatic nitrogens is 1. The van der Waals surface area contributed by atoms with Crippen LogP contribution in [-0.4, -0.2) is 16.0 Å². The van der Waals surface area contributed by atoms with Crippen molar-refractivity contribution in [3.05, 3.63) is 82.4 Å². The number of rotatable bonds is 3. The summed E-state index contributed by atoms with van der Waals surface area (Å²) in [5.41, 5.74) is 7.88. The Hall–Kier alpha value is -3.51. The number of nitrogens with one attached hydrogen (secondary N) is 2. The second-order valence-corrected chi connectivity index (χ2v) is 8.15. The van der Waals surface area contributed by atoms with E-state index >= 15 is 0 Å². The Morgan fingerprint density at radius 3 is 2.42 bits per heavy atom. The number of benzene rings is 3. The third kappa shape index (κ3) is 4.49. The van der Waals surface area contributed by atoms with Crippen molar-refractivity contribution in [2.75, 3.05) is 5.32 Å². The van der Waals surface area contributed by atoms with Gasteiger partial charge in [0.2, 0.25) is 5.89 Å². The first-order chi connectivity index (χ1) is 14.8. The Kier molecular flexibility index (Phi) is 5.57. The van der Waals surface area contributed by atoms with Crippen LogP contribution in [0, 0.1) is 27.7 Å². The predicted molar refractivity (Wildman–Crippen MR) is 129 cm³/mol. The first kappa shape index (κ1) is 20.8. The van der Waals surface area contributed by atoms with Gasteiger partial charge in [0.1, 0.15) is 5.52 Å². The Bertz CT molecular complexity index is 1320. The van der Waals surface area contributed by atoms with Crippen LogP contribution in [-0.2, 0) is 0 Å².